The third-order valence-corrected chi connectivity index (χ3v) is 3.19. The molecule has 0 aliphatic carbocycles. The molecule has 0 aliphatic heterocycles. The fourth-order valence-electron chi connectivity index (χ4n) is 2.16. The molecule has 4 aromatic rings. The highest BCUT2D eigenvalue weighted by molar-refractivity contribution is 5.78. The van der Waals surface area contributed by atoms with Crippen molar-refractivity contribution in [1.82, 2.24) is 19.7 Å². The van der Waals surface area contributed by atoms with Crippen LogP contribution in [0.15, 0.2) is 59.5 Å². The first-order valence-corrected chi connectivity index (χ1v) is 6.32. The zero-order valence-electron chi connectivity index (χ0n) is 10.8. The van der Waals surface area contributed by atoms with Crippen LogP contribution in [0.2, 0.25) is 0 Å². The molecule has 0 saturated heterocycles. The molecule has 2 heterocycles. The maximum atomic E-state index is 13.8. The lowest BCUT2D eigenvalue weighted by molar-refractivity contribution is 0.593. The van der Waals surface area contributed by atoms with Crippen molar-refractivity contribution in [2.75, 3.05) is 0 Å². The van der Waals surface area contributed by atoms with Crippen molar-refractivity contribution in [2.24, 2.45) is 0 Å². The van der Waals surface area contributed by atoms with Gasteiger partial charge in [-0.05, 0) is 30.3 Å². The molecule has 21 heavy (non-hydrogen) atoms. The first-order chi connectivity index (χ1) is 10.3. The Morgan fingerprint density at radius 1 is 1.00 bits per heavy atom. The normalized spacial score (nSPS) is 11.1. The zero-order chi connectivity index (χ0) is 14.2. The van der Waals surface area contributed by atoms with Gasteiger partial charge in [0, 0.05) is 0 Å². The highest BCUT2D eigenvalue weighted by Crippen LogP contribution is 2.27. The Morgan fingerprint density at radius 3 is 2.62 bits per heavy atom. The van der Waals surface area contributed by atoms with Crippen LogP contribution in [-0.4, -0.2) is 19.7 Å². The van der Waals surface area contributed by atoms with Gasteiger partial charge in [-0.3, -0.25) is 4.57 Å². The SMILES string of the molecule is Fc1ccccc1-c1nc2cc(-n3cnnc3)ccc2o1. The van der Waals surface area contributed by atoms with Gasteiger partial charge in [0.1, 0.15) is 24.0 Å². The summed E-state index contributed by atoms with van der Waals surface area (Å²) in [5, 5.41) is 7.53. The first kappa shape index (κ1) is 11.8. The van der Waals surface area contributed by atoms with Crippen LogP contribution in [0.5, 0.6) is 0 Å². The van der Waals surface area contributed by atoms with Gasteiger partial charge in [0.15, 0.2) is 5.58 Å². The first-order valence-electron chi connectivity index (χ1n) is 6.32. The highest BCUT2D eigenvalue weighted by atomic mass is 19.1. The molecule has 0 atom stereocenters. The predicted octanol–water partition coefficient (Wildman–Crippen LogP) is 3.21. The van der Waals surface area contributed by atoms with E-state index in [0.29, 0.717) is 16.7 Å². The Kier molecular flexibility index (Phi) is 2.53. The lowest BCUT2D eigenvalue weighted by atomic mass is 10.2. The Hall–Kier alpha value is -3.02. The average molecular weight is 280 g/mol. The van der Waals surface area contributed by atoms with E-state index in [1.54, 1.807) is 41.5 Å². The molecule has 102 valence electrons. The van der Waals surface area contributed by atoms with Crippen molar-refractivity contribution in [2.45, 2.75) is 0 Å². The number of nitrogens with zero attached hydrogens (tertiary/aromatic N) is 4. The lowest BCUT2D eigenvalue weighted by Crippen LogP contribution is -1.89. The van der Waals surface area contributed by atoms with Crippen molar-refractivity contribution >= 4 is 11.1 Å². The third-order valence-electron chi connectivity index (χ3n) is 3.19. The molecular formula is C15H9FN4O. The van der Waals surface area contributed by atoms with Crippen molar-refractivity contribution in [1.29, 1.82) is 0 Å². The summed E-state index contributed by atoms with van der Waals surface area (Å²) in [6.07, 6.45) is 3.19. The van der Waals surface area contributed by atoms with E-state index in [2.05, 4.69) is 15.2 Å². The number of rotatable bonds is 2. The minimum Gasteiger partial charge on any atom is -0.436 e. The van der Waals surface area contributed by atoms with Gasteiger partial charge in [0.2, 0.25) is 5.89 Å². The van der Waals surface area contributed by atoms with E-state index in [4.69, 9.17) is 4.42 Å². The van der Waals surface area contributed by atoms with Crippen LogP contribution in [-0.2, 0) is 0 Å². The quantitative estimate of drug-likeness (QED) is 0.565. The van der Waals surface area contributed by atoms with Gasteiger partial charge in [-0.1, -0.05) is 12.1 Å². The van der Waals surface area contributed by atoms with Crippen LogP contribution in [0.25, 0.3) is 28.2 Å². The molecule has 0 N–H and O–H groups in total. The average Bonchev–Trinajstić information content (AvgIpc) is 3.16. The van der Waals surface area contributed by atoms with Crippen LogP contribution < -0.4 is 0 Å². The smallest absolute Gasteiger partial charge is 0.230 e. The molecule has 0 fully saturated rings. The van der Waals surface area contributed by atoms with E-state index in [1.807, 2.05) is 12.1 Å². The molecule has 4 rings (SSSR count). The summed E-state index contributed by atoms with van der Waals surface area (Å²) in [4.78, 5) is 4.35. The van der Waals surface area contributed by atoms with E-state index in [1.165, 1.54) is 6.07 Å². The van der Waals surface area contributed by atoms with Gasteiger partial charge in [-0.15, -0.1) is 10.2 Å². The molecule has 5 nitrogen and oxygen atoms in total. The summed E-state index contributed by atoms with van der Waals surface area (Å²) in [6.45, 7) is 0. The molecule has 2 aromatic heterocycles. The minimum absolute atomic E-state index is 0.268. The molecule has 0 spiro atoms. The van der Waals surface area contributed by atoms with E-state index in [0.717, 1.165) is 5.69 Å². The predicted molar refractivity (Wildman–Crippen MR) is 74.3 cm³/mol. The zero-order valence-corrected chi connectivity index (χ0v) is 10.8. The topological polar surface area (TPSA) is 56.7 Å². The van der Waals surface area contributed by atoms with E-state index in [-0.39, 0.29) is 11.7 Å². The van der Waals surface area contributed by atoms with Crippen molar-refractivity contribution in [3.63, 3.8) is 0 Å². The standard InChI is InChI=1S/C15H9FN4O/c16-12-4-2-1-3-11(12)15-19-13-7-10(5-6-14(13)21-15)20-8-17-18-9-20/h1-9H. The molecule has 0 saturated carbocycles. The van der Waals surface area contributed by atoms with E-state index in [9.17, 15) is 4.39 Å². The number of oxazole rings is 1. The molecular weight excluding hydrogens is 271 g/mol. The van der Waals surface area contributed by atoms with Crippen LogP contribution in [0.4, 0.5) is 4.39 Å². The Morgan fingerprint density at radius 2 is 1.81 bits per heavy atom. The van der Waals surface area contributed by atoms with Gasteiger partial charge in [0.25, 0.3) is 0 Å². The summed E-state index contributed by atoms with van der Waals surface area (Å²) < 4.78 is 21.2. The second-order valence-corrected chi connectivity index (χ2v) is 4.52. The molecule has 0 amide bonds. The number of fused-ring (bicyclic) bond motifs is 1. The van der Waals surface area contributed by atoms with Crippen molar-refractivity contribution in [3.8, 4) is 17.1 Å². The maximum absolute atomic E-state index is 13.8. The van der Waals surface area contributed by atoms with Gasteiger partial charge in [-0.25, -0.2) is 9.37 Å². The van der Waals surface area contributed by atoms with Crippen LogP contribution in [0.1, 0.15) is 0 Å². The summed E-state index contributed by atoms with van der Waals surface area (Å²) in [5.41, 5.74) is 2.46. The molecule has 6 heteroatoms. The lowest BCUT2D eigenvalue weighted by Gasteiger charge is -1.98. The second-order valence-electron chi connectivity index (χ2n) is 4.52. The highest BCUT2D eigenvalue weighted by Gasteiger charge is 2.12. The number of aromatic nitrogens is 4. The summed E-state index contributed by atoms with van der Waals surface area (Å²) in [7, 11) is 0. The molecule has 2 aromatic carbocycles. The Bertz CT molecular complexity index is 914. The monoisotopic (exact) mass is 280 g/mol. The maximum Gasteiger partial charge on any atom is 0.230 e. The third kappa shape index (κ3) is 1.97. The Labute approximate surface area is 118 Å². The number of halogens is 1. The minimum atomic E-state index is -0.358. The van der Waals surface area contributed by atoms with Gasteiger partial charge in [0.05, 0.1) is 11.3 Å². The van der Waals surface area contributed by atoms with Crippen LogP contribution in [0, 0.1) is 5.82 Å². The van der Waals surface area contributed by atoms with Gasteiger partial charge < -0.3 is 4.42 Å². The van der Waals surface area contributed by atoms with Gasteiger partial charge in [-0.2, -0.15) is 0 Å². The number of hydrogen-bond donors (Lipinski definition) is 0. The second kappa shape index (κ2) is 4.52. The summed E-state index contributed by atoms with van der Waals surface area (Å²) >= 11 is 0. The fraction of sp³-hybridized carbons (Fsp3) is 0. The van der Waals surface area contributed by atoms with Crippen molar-refractivity contribution in [3.05, 3.63) is 60.9 Å². The number of hydrogen-bond acceptors (Lipinski definition) is 4. The van der Waals surface area contributed by atoms with Crippen LogP contribution >= 0.6 is 0 Å². The summed E-state index contributed by atoms with van der Waals surface area (Å²) in [6, 6.07) is 11.9. The summed E-state index contributed by atoms with van der Waals surface area (Å²) in [5.74, 6) is -0.0907. The van der Waals surface area contributed by atoms with E-state index >= 15 is 0 Å². The van der Waals surface area contributed by atoms with Crippen molar-refractivity contribution < 1.29 is 8.81 Å². The van der Waals surface area contributed by atoms with Gasteiger partial charge >= 0.3 is 0 Å². The molecule has 0 radical (unpaired) electrons. The largest absolute Gasteiger partial charge is 0.436 e. The molecule has 0 unspecified atom stereocenters. The Balaban J connectivity index is 1.85. The fourth-order valence-corrected chi connectivity index (χ4v) is 2.16. The van der Waals surface area contributed by atoms with Crippen LogP contribution in [0.3, 0.4) is 0 Å². The number of benzene rings is 2. The van der Waals surface area contributed by atoms with E-state index < -0.39 is 0 Å². The molecule has 0 aliphatic rings. The molecule has 0 bridgehead atoms.